The molecule has 0 saturated carbocycles. The standard InChI is InChI=1S/C14H21IN4O2/c1-14(2,3)21-10(20)5-6-19-7-9(15)11-12(16-4)17-8-18-13(11)19/h8,13H,5-7H2,1-4H3,(H,16,17,18). The Morgan fingerprint density at radius 1 is 1.62 bits per heavy atom. The lowest BCUT2D eigenvalue weighted by molar-refractivity contribution is -0.155. The van der Waals surface area contributed by atoms with E-state index < -0.39 is 5.60 Å². The lowest BCUT2D eigenvalue weighted by atomic mass is 10.2. The van der Waals surface area contributed by atoms with Gasteiger partial charge in [-0.05, 0) is 43.4 Å². The summed E-state index contributed by atoms with van der Waals surface area (Å²) in [6.07, 6.45) is 2.00. The molecule has 0 fully saturated rings. The number of rotatable bonds is 3. The lowest BCUT2D eigenvalue weighted by Gasteiger charge is -2.26. The van der Waals surface area contributed by atoms with Crippen molar-refractivity contribution in [1.29, 1.82) is 0 Å². The third kappa shape index (κ3) is 4.03. The minimum atomic E-state index is -0.436. The summed E-state index contributed by atoms with van der Waals surface area (Å²) in [5.41, 5.74) is 0.680. The summed E-state index contributed by atoms with van der Waals surface area (Å²) in [5, 5.41) is 3.06. The summed E-state index contributed by atoms with van der Waals surface area (Å²) in [6, 6.07) is 0. The van der Waals surface area contributed by atoms with Gasteiger partial charge >= 0.3 is 5.97 Å². The summed E-state index contributed by atoms with van der Waals surface area (Å²) in [7, 11) is 1.76. The number of hydrogen-bond donors (Lipinski definition) is 1. The van der Waals surface area contributed by atoms with Gasteiger partial charge in [0.25, 0.3) is 0 Å². The molecular weight excluding hydrogens is 383 g/mol. The second-order valence-corrected chi connectivity index (χ2v) is 7.30. The van der Waals surface area contributed by atoms with Crippen molar-refractivity contribution in [2.24, 2.45) is 9.98 Å². The zero-order valence-electron chi connectivity index (χ0n) is 12.8. The molecule has 0 aliphatic carbocycles. The van der Waals surface area contributed by atoms with Crippen molar-refractivity contribution in [3.63, 3.8) is 0 Å². The van der Waals surface area contributed by atoms with Crippen LogP contribution in [-0.4, -0.2) is 54.9 Å². The average Bonchev–Trinajstić information content (AvgIpc) is 2.71. The Labute approximate surface area is 138 Å². The third-order valence-electron chi connectivity index (χ3n) is 3.16. The fourth-order valence-electron chi connectivity index (χ4n) is 2.35. The number of hydrogen-bond acceptors (Lipinski definition) is 5. The summed E-state index contributed by atoms with van der Waals surface area (Å²) in [4.78, 5) is 22.7. The number of esters is 1. The van der Waals surface area contributed by atoms with Crippen LogP contribution in [0.1, 0.15) is 27.2 Å². The molecule has 0 saturated heterocycles. The Hall–Kier alpha value is -0.960. The number of halogens is 1. The number of nitrogens with one attached hydrogen (secondary N) is 1. The molecule has 2 aliphatic heterocycles. The first-order valence-corrected chi connectivity index (χ1v) is 7.99. The summed E-state index contributed by atoms with van der Waals surface area (Å²) in [6.45, 7) is 7.06. The molecule has 21 heavy (non-hydrogen) atoms. The van der Waals surface area contributed by atoms with Crippen LogP contribution in [0.5, 0.6) is 0 Å². The van der Waals surface area contributed by atoms with E-state index in [4.69, 9.17) is 4.74 Å². The van der Waals surface area contributed by atoms with Gasteiger partial charge in [-0.25, -0.2) is 0 Å². The van der Waals surface area contributed by atoms with E-state index in [1.165, 1.54) is 3.58 Å². The summed E-state index contributed by atoms with van der Waals surface area (Å²) >= 11 is 2.33. The largest absolute Gasteiger partial charge is 0.460 e. The molecule has 1 N–H and O–H groups in total. The molecule has 0 aromatic carbocycles. The van der Waals surface area contributed by atoms with E-state index in [1.807, 2.05) is 20.8 Å². The molecule has 0 amide bonds. The highest BCUT2D eigenvalue weighted by atomic mass is 127. The maximum Gasteiger partial charge on any atom is 0.307 e. The molecule has 2 aliphatic rings. The predicted octanol–water partition coefficient (Wildman–Crippen LogP) is 1.71. The van der Waals surface area contributed by atoms with Crippen LogP contribution in [0.4, 0.5) is 0 Å². The van der Waals surface area contributed by atoms with Crippen LogP contribution in [0.2, 0.25) is 0 Å². The number of nitrogens with zero attached hydrogens (tertiary/aromatic N) is 3. The van der Waals surface area contributed by atoms with Crippen LogP contribution in [0.15, 0.2) is 19.1 Å². The van der Waals surface area contributed by atoms with E-state index in [-0.39, 0.29) is 12.1 Å². The van der Waals surface area contributed by atoms with Gasteiger partial charge in [-0.2, -0.15) is 0 Å². The summed E-state index contributed by atoms with van der Waals surface area (Å²) < 4.78 is 6.56. The van der Waals surface area contributed by atoms with Crippen molar-refractivity contribution in [2.45, 2.75) is 39.0 Å². The molecule has 116 valence electrons. The van der Waals surface area contributed by atoms with Gasteiger partial charge in [-0.1, -0.05) is 0 Å². The summed E-state index contributed by atoms with van der Waals surface area (Å²) in [5.74, 6) is 0.687. The molecule has 0 aromatic rings. The predicted molar refractivity (Wildman–Crippen MR) is 91.9 cm³/mol. The highest BCUT2D eigenvalue weighted by Crippen LogP contribution is 2.31. The van der Waals surface area contributed by atoms with Crippen LogP contribution in [0, 0.1) is 0 Å². The minimum absolute atomic E-state index is 0.0423. The van der Waals surface area contributed by atoms with E-state index in [0.29, 0.717) is 13.0 Å². The fraction of sp³-hybridized carbons (Fsp3) is 0.643. The van der Waals surface area contributed by atoms with Crippen LogP contribution in [-0.2, 0) is 9.53 Å². The fourth-order valence-corrected chi connectivity index (χ4v) is 3.32. The number of carbonyl (C=O) groups excluding carboxylic acids is 1. The zero-order chi connectivity index (χ0) is 15.6. The molecule has 1 atom stereocenters. The molecule has 0 aromatic heterocycles. The molecule has 6 nitrogen and oxygen atoms in total. The van der Waals surface area contributed by atoms with Gasteiger partial charge in [-0.3, -0.25) is 19.7 Å². The highest BCUT2D eigenvalue weighted by Gasteiger charge is 2.35. The molecule has 0 bridgehead atoms. The van der Waals surface area contributed by atoms with Gasteiger partial charge in [0, 0.05) is 29.3 Å². The zero-order valence-corrected chi connectivity index (χ0v) is 15.0. The lowest BCUT2D eigenvalue weighted by Crippen LogP contribution is -2.41. The van der Waals surface area contributed by atoms with Gasteiger partial charge in [0.05, 0.1) is 12.8 Å². The number of carbonyl (C=O) groups is 1. The molecule has 7 heteroatoms. The van der Waals surface area contributed by atoms with E-state index >= 15 is 0 Å². The maximum atomic E-state index is 11.8. The molecule has 1 unspecified atom stereocenters. The number of amidine groups is 1. The molecule has 2 rings (SSSR count). The first-order valence-electron chi connectivity index (χ1n) is 6.91. The molecular formula is C14H21IN4O2. The Balaban J connectivity index is 1.97. The molecule has 0 radical (unpaired) electrons. The Morgan fingerprint density at radius 2 is 2.33 bits per heavy atom. The second kappa shape index (κ2) is 6.43. The monoisotopic (exact) mass is 404 g/mol. The van der Waals surface area contributed by atoms with E-state index in [1.54, 1.807) is 13.4 Å². The Kier molecular flexibility index (Phi) is 5.03. The Bertz CT molecular complexity index is 520. The normalized spacial score (nSPS) is 24.2. The van der Waals surface area contributed by atoms with Crippen molar-refractivity contribution >= 4 is 40.7 Å². The van der Waals surface area contributed by atoms with Crippen LogP contribution >= 0.6 is 22.6 Å². The molecule has 0 spiro atoms. The third-order valence-corrected chi connectivity index (χ3v) is 4.08. The smallest absolute Gasteiger partial charge is 0.307 e. The number of ether oxygens (including phenoxy) is 1. The van der Waals surface area contributed by atoms with Gasteiger partial charge < -0.3 is 10.1 Å². The van der Waals surface area contributed by atoms with Gasteiger partial charge in [0.1, 0.15) is 17.6 Å². The first kappa shape index (κ1) is 16.4. The first-order chi connectivity index (χ1) is 9.81. The molecule has 2 heterocycles. The Morgan fingerprint density at radius 3 is 2.95 bits per heavy atom. The second-order valence-electron chi connectivity index (χ2n) is 5.99. The van der Waals surface area contributed by atoms with Gasteiger partial charge in [0.2, 0.25) is 0 Å². The highest BCUT2D eigenvalue weighted by molar-refractivity contribution is 14.1. The van der Waals surface area contributed by atoms with Crippen molar-refractivity contribution < 1.29 is 9.53 Å². The topological polar surface area (TPSA) is 66.3 Å². The maximum absolute atomic E-state index is 11.8. The van der Waals surface area contributed by atoms with Crippen LogP contribution in [0.3, 0.4) is 0 Å². The van der Waals surface area contributed by atoms with E-state index in [9.17, 15) is 4.79 Å². The SMILES string of the molecule is CN=C1NC=NC2C1=C(I)CN2CCC(=O)OC(C)(C)C. The van der Waals surface area contributed by atoms with Crippen molar-refractivity contribution in [1.82, 2.24) is 10.2 Å². The quantitative estimate of drug-likeness (QED) is 0.575. The minimum Gasteiger partial charge on any atom is -0.460 e. The van der Waals surface area contributed by atoms with Gasteiger partial charge in [-0.15, -0.1) is 0 Å². The van der Waals surface area contributed by atoms with Crippen LogP contribution in [0.25, 0.3) is 0 Å². The van der Waals surface area contributed by atoms with Gasteiger partial charge in [0.15, 0.2) is 0 Å². The van der Waals surface area contributed by atoms with Crippen LogP contribution < -0.4 is 5.32 Å². The van der Waals surface area contributed by atoms with Crippen molar-refractivity contribution in [3.05, 3.63) is 9.15 Å². The van der Waals surface area contributed by atoms with Crippen molar-refractivity contribution in [2.75, 3.05) is 20.1 Å². The van der Waals surface area contributed by atoms with E-state index in [0.717, 1.165) is 18.0 Å². The number of fused-ring (bicyclic) bond motifs is 1. The van der Waals surface area contributed by atoms with E-state index in [2.05, 4.69) is 42.8 Å². The number of aliphatic imine (C=N–C) groups is 2. The van der Waals surface area contributed by atoms with Crippen molar-refractivity contribution in [3.8, 4) is 0 Å². The average molecular weight is 404 g/mol.